The van der Waals surface area contributed by atoms with Gasteiger partial charge in [-0.2, -0.15) is 0 Å². The number of amides is 1. The molecule has 1 saturated heterocycles. The van der Waals surface area contributed by atoms with Crippen LogP contribution in [0.15, 0.2) is 30.3 Å². The number of rotatable bonds is 6. The first-order valence-corrected chi connectivity index (χ1v) is 9.50. The molecule has 2 aromatic rings. The van der Waals surface area contributed by atoms with Crippen LogP contribution in [-0.2, 0) is 9.53 Å². The normalized spacial score (nSPS) is 17.3. The highest BCUT2D eigenvalue weighted by atomic mass is 32.1. The highest BCUT2D eigenvalue weighted by molar-refractivity contribution is 7.19. The van der Waals surface area contributed by atoms with Gasteiger partial charge in [0.1, 0.15) is 0 Å². The Balaban J connectivity index is 1.51. The van der Waals surface area contributed by atoms with E-state index in [1.165, 1.54) is 15.0 Å². The number of likely N-dealkylation sites (tertiary alicyclic amines) is 1. The summed E-state index contributed by atoms with van der Waals surface area (Å²) in [5.74, 6) is 0.216. The third kappa shape index (κ3) is 4.15. The smallest absolute Gasteiger partial charge is 0.224 e. The third-order valence-electron chi connectivity index (χ3n) is 4.72. The summed E-state index contributed by atoms with van der Waals surface area (Å²) < 4.78 is 6.34. The van der Waals surface area contributed by atoms with Crippen LogP contribution in [0.5, 0.6) is 0 Å². The van der Waals surface area contributed by atoms with Gasteiger partial charge in [-0.05, 0) is 37.3 Å². The first-order chi connectivity index (χ1) is 11.7. The van der Waals surface area contributed by atoms with E-state index >= 15 is 0 Å². The second-order valence-corrected chi connectivity index (χ2v) is 7.59. The van der Waals surface area contributed by atoms with Crippen molar-refractivity contribution in [2.75, 3.05) is 26.8 Å². The van der Waals surface area contributed by atoms with E-state index < -0.39 is 0 Å². The number of carbonyl (C=O) groups excluding carboxylic acids is 1. The molecule has 0 radical (unpaired) electrons. The highest BCUT2D eigenvalue weighted by Gasteiger charge is 2.24. The fraction of sp³-hybridized carbons (Fsp3) is 0.526. The first-order valence-electron chi connectivity index (χ1n) is 8.68. The number of hydrogen-bond acceptors (Lipinski definition) is 4. The lowest BCUT2D eigenvalue weighted by Gasteiger charge is -2.34. The van der Waals surface area contributed by atoms with Crippen LogP contribution in [0.4, 0.5) is 0 Å². The summed E-state index contributed by atoms with van der Waals surface area (Å²) in [4.78, 5) is 15.4. The zero-order valence-corrected chi connectivity index (χ0v) is 15.3. The van der Waals surface area contributed by atoms with Crippen molar-refractivity contribution in [1.29, 1.82) is 0 Å². The highest BCUT2D eigenvalue weighted by Crippen LogP contribution is 2.30. The number of hydrogen-bond donors (Lipinski definition) is 1. The predicted molar refractivity (Wildman–Crippen MR) is 99.5 cm³/mol. The second-order valence-electron chi connectivity index (χ2n) is 6.47. The lowest BCUT2D eigenvalue weighted by atomic mass is 10.0. The number of nitrogens with one attached hydrogen (secondary N) is 1. The number of ether oxygens (including phenoxy) is 1. The summed E-state index contributed by atoms with van der Waals surface area (Å²) in [7, 11) is 1.64. The molecule has 0 unspecified atom stereocenters. The van der Waals surface area contributed by atoms with E-state index in [-0.39, 0.29) is 5.91 Å². The molecule has 0 bridgehead atoms. The molecule has 1 aromatic carbocycles. The molecule has 1 aliphatic heterocycles. The Morgan fingerprint density at radius 2 is 2.12 bits per heavy atom. The van der Waals surface area contributed by atoms with Crippen molar-refractivity contribution in [3.8, 4) is 0 Å². The van der Waals surface area contributed by atoms with Crippen molar-refractivity contribution >= 4 is 27.3 Å². The molecule has 0 spiro atoms. The van der Waals surface area contributed by atoms with Crippen molar-refractivity contribution in [2.24, 2.45) is 0 Å². The molecule has 1 N–H and O–H groups in total. The van der Waals surface area contributed by atoms with Crippen LogP contribution in [0.2, 0.25) is 0 Å². The van der Waals surface area contributed by atoms with Crippen LogP contribution in [0, 0.1) is 0 Å². The van der Waals surface area contributed by atoms with Crippen molar-refractivity contribution in [2.45, 2.75) is 38.3 Å². The monoisotopic (exact) mass is 346 g/mol. The number of benzene rings is 1. The number of nitrogens with zero attached hydrogens (tertiary/aromatic N) is 1. The third-order valence-corrected chi connectivity index (χ3v) is 6.02. The van der Waals surface area contributed by atoms with Crippen LogP contribution in [0.3, 0.4) is 0 Å². The minimum atomic E-state index is 0.216. The van der Waals surface area contributed by atoms with E-state index in [1.54, 1.807) is 7.11 Å². The van der Waals surface area contributed by atoms with Gasteiger partial charge in [0.15, 0.2) is 0 Å². The number of fused-ring (bicyclic) bond motifs is 1. The van der Waals surface area contributed by atoms with Crippen molar-refractivity contribution in [3.63, 3.8) is 0 Å². The van der Waals surface area contributed by atoms with Gasteiger partial charge in [0.05, 0.1) is 13.0 Å². The standard InChI is InChI=1S/C19H26N2O2S/c1-14(18-13-15-5-3-4-6-17(15)24-18)20-16-7-10-21(11-8-16)19(22)9-12-23-2/h3-6,13-14,16,20H,7-12H2,1-2H3/t14-/m1/s1. The maximum atomic E-state index is 12.0. The van der Waals surface area contributed by atoms with Crippen molar-refractivity contribution in [1.82, 2.24) is 10.2 Å². The van der Waals surface area contributed by atoms with E-state index in [2.05, 4.69) is 42.6 Å². The molecule has 0 aliphatic carbocycles. The lowest BCUT2D eigenvalue weighted by Crippen LogP contribution is -2.45. The summed E-state index contributed by atoms with van der Waals surface area (Å²) >= 11 is 1.87. The fourth-order valence-corrected chi connectivity index (χ4v) is 4.37. The van der Waals surface area contributed by atoms with Gasteiger partial charge in [-0.3, -0.25) is 4.79 Å². The van der Waals surface area contributed by atoms with Crippen molar-refractivity contribution in [3.05, 3.63) is 35.2 Å². The Kier molecular flexibility index (Phi) is 5.87. The number of thiophene rings is 1. The van der Waals surface area contributed by atoms with Gasteiger partial charge in [0, 0.05) is 41.9 Å². The minimum absolute atomic E-state index is 0.216. The van der Waals surface area contributed by atoms with Crippen LogP contribution < -0.4 is 5.32 Å². The SMILES string of the molecule is COCCC(=O)N1CCC(N[C@H](C)c2cc3ccccc3s2)CC1. The van der Waals surface area contributed by atoms with Gasteiger partial charge in [-0.25, -0.2) is 0 Å². The molecule has 1 aromatic heterocycles. The first kappa shape index (κ1) is 17.4. The van der Waals surface area contributed by atoms with E-state index in [1.807, 2.05) is 16.2 Å². The molecule has 3 rings (SSSR count). The van der Waals surface area contributed by atoms with E-state index in [0.29, 0.717) is 25.1 Å². The second kappa shape index (κ2) is 8.10. The van der Waals surface area contributed by atoms with Gasteiger partial charge in [0.25, 0.3) is 0 Å². The Hall–Kier alpha value is -1.43. The average Bonchev–Trinajstić information content (AvgIpc) is 3.04. The molecule has 2 heterocycles. The maximum Gasteiger partial charge on any atom is 0.224 e. The zero-order chi connectivity index (χ0) is 16.9. The van der Waals surface area contributed by atoms with Gasteiger partial charge in [-0.15, -0.1) is 11.3 Å². The molecule has 130 valence electrons. The summed E-state index contributed by atoms with van der Waals surface area (Å²) in [6.45, 7) is 4.44. The number of carbonyl (C=O) groups is 1. The topological polar surface area (TPSA) is 41.6 Å². The number of methoxy groups -OCH3 is 1. The Labute approximate surface area is 147 Å². The van der Waals surface area contributed by atoms with Crippen LogP contribution >= 0.6 is 11.3 Å². The van der Waals surface area contributed by atoms with E-state index in [9.17, 15) is 4.79 Å². The Morgan fingerprint density at radius 3 is 2.83 bits per heavy atom. The maximum absolute atomic E-state index is 12.0. The Morgan fingerprint density at radius 1 is 1.38 bits per heavy atom. The fourth-order valence-electron chi connectivity index (χ4n) is 3.29. The van der Waals surface area contributed by atoms with Crippen molar-refractivity contribution < 1.29 is 9.53 Å². The molecule has 1 fully saturated rings. The molecule has 1 amide bonds. The Bertz CT molecular complexity index is 644. The summed E-state index contributed by atoms with van der Waals surface area (Å²) in [6.07, 6.45) is 2.54. The van der Waals surface area contributed by atoms with E-state index in [4.69, 9.17) is 4.74 Å². The molecule has 1 aliphatic rings. The van der Waals surface area contributed by atoms with Gasteiger partial charge >= 0.3 is 0 Å². The van der Waals surface area contributed by atoms with Gasteiger partial charge in [-0.1, -0.05) is 18.2 Å². The molecule has 1 atom stereocenters. The quantitative estimate of drug-likeness (QED) is 0.869. The zero-order valence-electron chi connectivity index (χ0n) is 14.5. The summed E-state index contributed by atoms with van der Waals surface area (Å²) in [5, 5.41) is 5.07. The largest absolute Gasteiger partial charge is 0.384 e. The number of piperidine rings is 1. The van der Waals surface area contributed by atoms with Crippen LogP contribution in [-0.4, -0.2) is 43.7 Å². The van der Waals surface area contributed by atoms with Crippen LogP contribution in [0.25, 0.3) is 10.1 Å². The average molecular weight is 346 g/mol. The molecular formula is C19H26N2O2S. The summed E-state index contributed by atoms with van der Waals surface area (Å²) in [5.41, 5.74) is 0. The molecular weight excluding hydrogens is 320 g/mol. The van der Waals surface area contributed by atoms with Gasteiger partial charge in [0.2, 0.25) is 5.91 Å². The van der Waals surface area contributed by atoms with E-state index in [0.717, 1.165) is 25.9 Å². The van der Waals surface area contributed by atoms with Crippen LogP contribution in [0.1, 0.15) is 37.1 Å². The minimum Gasteiger partial charge on any atom is -0.384 e. The molecule has 0 saturated carbocycles. The predicted octanol–water partition coefficient (Wildman–Crippen LogP) is 3.58. The molecule has 5 heteroatoms. The molecule has 4 nitrogen and oxygen atoms in total. The van der Waals surface area contributed by atoms with Gasteiger partial charge < -0.3 is 15.0 Å². The molecule has 24 heavy (non-hydrogen) atoms. The summed E-state index contributed by atoms with van der Waals surface area (Å²) in [6, 6.07) is 11.7. The lowest BCUT2D eigenvalue weighted by molar-refractivity contribution is -0.133.